The molecule has 3 aromatic rings. The molecule has 0 aliphatic heterocycles. The van der Waals surface area contributed by atoms with Crippen LogP contribution in [0, 0.1) is 18.6 Å². The van der Waals surface area contributed by atoms with Crippen LogP contribution in [-0.2, 0) is 10.0 Å². The second-order valence-corrected chi connectivity index (χ2v) is 8.08. The zero-order valence-corrected chi connectivity index (χ0v) is 16.9. The van der Waals surface area contributed by atoms with E-state index in [1.165, 1.54) is 31.4 Å². The minimum atomic E-state index is -3.97. The van der Waals surface area contributed by atoms with E-state index in [1.807, 2.05) is 0 Å². The molecular formula is C21H18F2N2O4S. The van der Waals surface area contributed by atoms with Gasteiger partial charge in [-0.05, 0) is 61.0 Å². The molecule has 0 heterocycles. The molecule has 156 valence electrons. The Morgan fingerprint density at radius 2 is 1.57 bits per heavy atom. The van der Waals surface area contributed by atoms with E-state index in [0.717, 1.165) is 12.1 Å². The van der Waals surface area contributed by atoms with Gasteiger partial charge in [-0.2, -0.15) is 0 Å². The van der Waals surface area contributed by atoms with Crippen molar-refractivity contribution in [3.63, 3.8) is 0 Å². The summed E-state index contributed by atoms with van der Waals surface area (Å²) in [6.07, 6.45) is 0. The highest BCUT2D eigenvalue weighted by molar-refractivity contribution is 7.92. The standard InChI is InChI=1S/C21H18F2N2O4S/c1-13-3-9-17(30(27,28)25-14-4-7-16(29-2)8-5-14)12-18(13)21(26)24-15-6-10-19(22)20(23)11-15/h3-12,25H,1-2H3,(H,24,26). The summed E-state index contributed by atoms with van der Waals surface area (Å²) in [7, 11) is -2.47. The number of carbonyl (C=O) groups is 1. The smallest absolute Gasteiger partial charge is 0.261 e. The average molecular weight is 432 g/mol. The van der Waals surface area contributed by atoms with Gasteiger partial charge in [0.1, 0.15) is 5.75 Å². The van der Waals surface area contributed by atoms with E-state index in [0.29, 0.717) is 17.0 Å². The number of ether oxygens (including phenoxy) is 1. The van der Waals surface area contributed by atoms with Gasteiger partial charge >= 0.3 is 0 Å². The first kappa shape index (κ1) is 21.3. The van der Waals surface area contributed by atoms with Gasteiger partial charge in [0.05, 0.1) is 12.0 Å². The van der Waals surface area contributed by atoms with Crippen LogP contribution in [-0.4, -0.2) is 21.4 Å². The van der Waals surface area contributed by atoms with Crippen molar-refractivity contribution in [1.82, 2.24) is 0 Å². The number of halogens is 2. The largest absolute Gasteiger partial charge is 0.497 e. The topological polar surface area (TPSA) is 84.5 Å². The molecule has 30 heavy (non-hydrogen) atoms. The number of sulfonamides is 1. The molecule has 0 radical (unpaired) electrons. The van der Waals surface area contributed by atoms with E-state index in [1.54, 1.807) is 31.2 Å². The van der Waals surface area contributed by atoms with Crippen molar-refractivity contribution in [1.29, 1.82) is 0 Å². The molecule has 0 fully saturated rings. The lowest BCUT2D eigenvalue weighted by molar-refractivity contribution is 0.102. The van der Waals surface area contributed by atoms with Crippen LogP contribution in [0.4, 0.5) is 20.2 Å². The number of hydrogen-bond donors (Lipinski definition) is 2. The monoisotopic (exact) mass is 432 g/mol. The number of amides is 1. The lowest BCUT2D eigenvalue weighted by atomic mass is 10.1. The van der Waals surface area contributed by atoms with Crippen LogP contribution in [0.5, 0.6) is 5.75 Å². The Hall–Kier alpha value is -3.46. The molecule has 2 N–H and O–H groups in total. The number of carbonyl (C=O) groups excluding carboxylic acids is 1. The molecule has 9 heteroatoms. The van der Waals surface area contributed by atoms with Crippen molar-refractivity contribution < 1.29 is 26.7 Å². The summed E-state index contributed by atoms with van der Waals surface area (Å²) >= 11 is 0. The predicted octanol–water partition coefficient (Wildman–Crippen LogP) is 4.33. The third-order valence-electron chi connectivity index (χ3n) is 4.28. The molecule has 0 saturated carbocycles. The maximum Gasteiger partial charge on any atom is 0.261 e. The number of benzene rings is 3. The minimum absolute atomic E-state index is 0.0444. The molecule has 1 amide bonds. The van der Waals surface area contributed by atoms with Gasteiger partial charge in [0.2, 0.25) is 0 Å². The van der Waals surface area contributed by atoms with Crippen molar-refractivity contribution in [3.8, 4) is 5.75 Å². The second-order valence-electron chi connectivity index (χ2n) is 6.39. The number of aryl methyl sites for hydroxylation is 1. The summed E-state index contributed by atoms with van der Waals surface area (Å²) in [5, 5.41) is 2.43. The van der Waals surface area contributed by atoms with Gasteiger partial charge in [0.15, 0.2) is 11.6 Å². The summed E-state index contributed by atoms with van der Waals surface area (Å²) in [5.41, 5.74) is 0.961. The Balaban J connectivity index is 1.85. The van der Waals surface area contributed by atoms with Crippen molar-refractivity contribution >= 4 is 27.3 Å². The van der Waals surface area contributed by atoms with Gasteiger partial charge in [-0.15, -0.1) is 0 Å². The summed E-state index contributed by atoms with van der Waals surface area (Å²) in [4.78, 5) is 12.5. The molecule has 0 unspecified atom stereocenters. The Kier molecular flexibility index (Phi) is 6.02. The maximum absolute atomic E-state index is 13.4. The second kappa shape index (κ2) is 8.50. The normalized spacial score (nSPS) is 11.1. The van der Waals surface area contributed by atoms with Crippen LogP contribution in [0.3, 0.4) is 0 Å². The van der Waals surface area contributed by atoms with Crippen molar-refractivity contribution in [2.45, 2.75) is 11.8 Å². The summed E-state index contributed by atoms with van der Waals surface area (Å²) in [6, 6.07) is 13.3. The van der Waals surface area contributed by atoms with Gasteiger partial charge < -0.3 is 10.1 Å². The van der Waals surface area contributed by atoms with Gasteiger partial charge in [-0.3, -0.25) is 9.52 Å². The SMILES string of the molecule is COc1ccc(NS(=O)(=O)c2ccc(C)c(C(=O)Nc3ccc(F)c(F)c3)c2)cc1. The fourth-order valence-corrected chi connectivity index (χ4v) is 3.74. The molecule has 0 spiro atoms. The van der Waals surface area contributed by atoms with Crippen LogP contribution in [0.15, 0.2) is 65.6 Å². The van der Waals surface area contributed by atoms with Crippen molar-refractivity contribution in [3.05, 3.63) is 83.4 Å². The van der Waals surface area contributed by atoms with Gasteiger partial charge in [-0.25, -0.2) is 17.2 Å². The molecule has 0 bridgehead atoms. The van der Waals surface area contributed by atoms with E-state index in [-0.39, 0.29) is 16.1 Å². The zero-order chi connectivity index (χ0) is 21.9. The van der Waals surface area contributed by atoms with E-state index < -0.39 is 27.6 Å². The van der Waals surface area contributed by atoms with Crippen LogP contribution in [0.25, 0.3) is 0 Å². The quantitative estimate of drug-likeness (QED) is 0.607. The molecule has 0 atom stereocenters. The fraction of sp³-hybridized carbons (Fsp3) is 0.0952. The zero-order valence-electron chi connectivity index (χ0n) is 16.1. The Morgan fingerprint density at radius 3 is 2.20 bits per heavy atom. The number of hydrogen-bond acceptors (Lipinski definition) is 4. The van der Waals surface area contributed by atoms with Gasteiger partial charge in [0.25, 0.3) is 15.9 Å². The van der Waals surface area contributed by atoms with Crippen LogP contribution < -0.4 is 14.8 Å². The highest BCUT2D eigenvalue weighted by Crippen LogP contribution is 2.22. The Morgan fingerprint density at radius 1 is 0.900 bits per heavy atom. The first-order valence-electron chi connectivity index (χ1n) is 8.73. The van der Waals surface area contributed by atoms with E-state index >= 15 is 0 Å². The molecule has 6 nitrogen and oxygen atoms in total. The number of nitrogens with one attached hydrogen (secondary N) is 2. The Bertz CT molecular complexity index is 1200. The predicted molar refractivity (Wildman–Crippen MR) is 109 cm³/mol. The third-order valence-corrected chi connectivity index (χ3v) is 5.66. The van der Waals surface area contributed by atoms with Crippen molar-refractivity contribution in [2.75, 3.05) is 17.1 Å². The van der Waals surface area contributed by atoms with Crippen LogP contribution >= 0.6 is 0 Å². The van der Waals surface area contributed by atoms with E-state index in [2.05, 4.69) is 10.0 Å². The lowest BCUT2D eigenvalue weighted by Crippen LogP contribution is -2.17. The Labute approximate surface area is 172 Å². The first-order valence-corrected chi connectivity index (χ1v) is 10.2. The molecule has 0 aliphatic rings. The highest BCUT2D eigenvalue weighted by atomic mass is 32.2. The number of methoxy groups -OCH3 is 1. The van der Waals surface area contributed by atoms with Crippen LogP contribution in [0.1, 0.15) is 15.9 Å². The first-order chi connectivity index (χ1) is 14.2. The van der Waals surface area contributed by atoms with Crippen LogP contribution in [0.2, 0.25) is 0 Å². The molecule has 0 saturated heterocycles. The summed E-state index contributed by atoms with van der Waals surface area (Å²) in [6.45, 7) is 1.63. The molecular weight excluding hydrogens is 414 g/mol. The summed E-state index contributed by atoms with van der Waals surface area (Å²) in [5.74, 6) is -2.23. The number of rotatable bonds is 6. The maximum atomic E-state index is 13.4. The van der Waals surface area contributed by atoms with Gasteiger partial charge in [-0.1, -0.05) is 6.07 Å². The molecule has 0 aliphatic carbocycles. The lowest BCUT2D eigenvalue weighted by Gasteiger charge is -2.12. The molecule has 3 rings (SSSR count). The highest BCUT2D eigenvalue weighted by Gasteiger charge is 2.19. The molecule has 3 aromatic carbocycles. The molecule has 0 aromatic heterocycles. The number of anilines is 2. The van der Waals surface area contributed by atoms with Crippen molar-refractivity contribution in [2.24, 2.45) is 0 Å². The van der Waals surface area contributed by atoms with E-state index in [9.17, 15) is 22.0 Å². The fourth-order valence-electron chi connectivity index (χ4n) is 2.66. The van der Waals surface area contributed by atoms with Gasteiger partial charge in [0, 0.05) is 23.0 Å². The minimum Gasteiger partial charge on any atom is -0.497 e. The third kappa shape index (κ3) is 4.74. The van der Waals surface area contributed by atoms with E-state index in [4.69, 9.17) is 4.74 Å². The average Bonchev–Trinajstić information content (AvgIpc) is 2.71. The summed E-state index contributed by atoms with van der Waals surface area (Å²) < 4.78 is 59.3.